The van der Waals surface area contributed by atoms with Crippen LogP contribution in [0.3, 0.4) is 0 Å². The second-order valence-corrected chi connectivity index (χ2v) is 7.53. The first-order chi connectivity index (χ1) is 12.1. The molecule has 1 spiro atoms. The summed E-state index contributed by atoms with van der Waals surface area (Å²) in [5.74, 6) is 0.420. The average Bonchev–Trinajstić information content (AvgIpc) is 3.10. The Bertz CT molecular complexity index is 708. The molecule has 25 heavy (non-hydrogen) atoms. The molecule has 2 aliphatic heterocycles. The van der Waals surface area contributed by atoms with Gasteiger partial charge in [-0.1, -0.05) is 13.0 Å². The van der Waals surface area contributed by atoms with Crippen molar-refractivity contribution < 1.29 is 9.13 Å². The van der Waals surface area contributed by atoms with Crippen molar-refractivity contribution in [2.45, 2.75) is 38.3 Å². The SMILES string of the molecule is CC(CN1CCC2(CC1)OCCc1cc(F)ccc12)Cn1cccn1. The first-order valence-electron chi connectivity index (χ1n) is 9.27. The van der Waals surface area contributed by atoms with Crippen LogP contribution in [0.5, 0.6) is 0 Å². The molecule has 3 heterocycles. The van der Waals surface area contributed by atoms with Crippen molar-refractivity contribution in [3.63, 3.8) is 0 Å². The Hall–Kier alpha value is -1.72. The zero-order valence-corrected chi connectivity index (χ0v) is 14.8. The lowest BCUT2D eigenvalue weighted by molar-refractivity contribution is -0.0992. The number of likely N-dealkylation sites (tertiary alicyclic amines) is 1. The van der Waals surface area contributed by atoms with E-state index in [1.54, 1.807) is 12.1 Å². The molecule has 0 N–H and O–H groups in total. The Morgan fingerprint density at radius 2 is 2.12 bits per heavy atom. The fraction of sp³-hybridized carbons (Fsp3) is 0.550. The summed E-state index contributed by atoms with van der Waals surface area (Å²) in [5.41, 5.74) is 2.14. The van der Waals surface area contributed by atoms with Crippen LogP contribution in [0.4, 0.5) is 4.39 Å². The number of nitrogens with zero attached hydrogens (tertiary/aromatic N) is 3. The maximum absolute atomic E-state index is 13.6. The van der Waals surface area contributed by atoms with E-state index in [1.165, 1.54) is 5.56 Å². The van der Waals surface area contributed by atoms with Crippen LogP contribution in [0, 0.1) is 11.7 Å². The Morgan fingerprint density at radius 1 is 1.28 bits per heavy atom. The van der Waals surface area contributed by atoms with Crippen molar-refractivity contribution in [2.75, 3.05) is 26.2 Å². The Balaban J connectivity index is 1.39. The molecule has 1 unspecified atom stereocenters. The number of piperidine rings is 1. The summed E-state index contributed by atoms with van der Waals surface area (Å²) in [6.07, 6.45) is 6.64. The lowest BCUT2D eigenvalue weighted by Crippen LogP contribution is -2.47. The summed E-state index contributed by atoms with van der Waals surface area (Å²) < 4.78 is 21.8. The van der Waals surface area contributed by atoms with E-state index < -0.39 is 0 Å². The molecule has 1 aromatic carbocycles. The van der Waals surface area contributed by atoms with E-state index in [4.69, 9.17) is 4.74 Å². The molecule has 1 aromatic heterocycles. The van der Waals surface area contributed by atoms with Gasteiger partial charge in [-0.15, -0.1) is 0 Å². The molecular formula is C20H26FN3O. The molecule has 1 atom stereocenters. The molecular weight excluding hydrogens is 317 g/mol. The molecule has 5 heteroatoms. The highest BCUT2D eigenvalue weighted by Crippen LogP contribution is 2.41. The molecule has 0 aliphatic carbocycles. The summed E-state index contributed by atoms with van der Waals surface area (Å²) in [7, 11) is 0. The summed E-state index contributed by atoms with van der Waals surface area (Å²) in [6, 6.07) is 7.18. The van der Waals surface area contributed by atoms with Crippen molar-refractivity contribution >= 4 is 0 Å². The van der Waals surface area contributed by atoms with Crippen LogP contribution in [0.2, 0.25) is 0 Å². The summed E-state index contributed by atoms with van der Waals surface area (Å²) in [5, 5.41) is 4.30. The van der Waals surface area contributed by atoms with E-state index in [9.17, 15) is 4.39 Å². The van der Waals surface area contributed by atoms with Crippen molar-refractivity contribution in [1.29, 1.82) is 0 Å². The lowest BCUT2D eigenvalue weighted by Gasteiger charge is -2.45. The maximum Gasteiger partial charge on any atom is 0.123 e. The number of rotatable bonds is 4. The molecule has 0 bridgehead atoms. The quantitative estimate of drug-likeness (QED) is 0.854. The zero-order valence-electron chi connectivity index (χ0n) is 14.8. The minimum absolute atomic E-state index is 0.138. The molecule has 4 nitrogen and oxygen atoms in total. The van der Waals surface area contributed by atoms with Gasteiger partial charge in [-0.2, -0.15) is 5.10 Å². The van der Waals surface area contributed by atoms with Gasteiger partial charge in [0, 0.05) is 38.6 Å². The second kappa shape index (κ2) is 6.89. The van der Waals surface area contributed by atoms with E-state index >= 15 is 0 Å². The maximum atomic E-state index is 13.6. The monoisotopic (exact) mass is 343 g/mol. The number of benzene rings is 1. The van der Waals surface area contributed by atoms with Crippen LogP contribution in [0.25, 0.3) is 0 Å². The number of aromatic nitrogens is 2. The highest BCUT2D eigenvalue weighted by atomic mass is 19.1. The van der Waals surface area contributed by atoms with Crippen molar-refractivity contribution in [3.05, 3.63) is 53.6 Å². The van der Waals surface area contributed by atoms with Gasteiger partial charge in [0.05, 0.1) is 12.2 Å². The molecule has 2 aliphatic rings. The third kappa shape index (κ3) is 3.48. The van der Waals surface area contributed by atoms with Gasteiger partial charge < -0.3 is 9.64 Å². The van der Waals surface area contributed by atoms with Crippen molar-refractivity contribution in [3.8, 4) is 0 Å². The third-order valence-corrected chi connectivity index (χ3v) is 5.60. The largest absolute Gasteiger partial charge is 0.370 e. The number of hydrogen-bond donors (Lipinski definition) is 0. The van der Waals surface area contributed by atoms with E-state index in [-0.39, 0.29) is 11.4 Å². The van der Waals surface area contributed by atoms with Crippen LogP contribution >= 0.6 is 0 Å². The van der Waals surface area contributed by atoms with Gasteiger partial charge in [-0.25, -0.2) is 4.39 Å². The first kappa shape index (κ1) is 16.7. The van der Waals surface area contributed by atoms with Crippen LogP contribution in [-0.4, -0.2) is 40.9 Å². The van der Waals surface area contributed by atoms with Gasteiger partial charge in [-0.3, -0.25) is 4.68 Å². The van der Waals surface area contributed by atoms with Crippen molar-refractivity contribution in [2.24, 2.45) is 5.92 Å². The van der Waals surface area contributed by atoms with Gasteiger partial charge >= 0.3 is 0 Å². The highest BCUT2D eigenvalue weighted by Gasteiger charge is 2.40. The fourth-order valence-corrected chi connectivity index (χ4v) is 4.38. The molecule has 134 valence electrons. The molecule has 0 saturated carbocycles. The van der Waals surface area contributed by atoms with Crippen LogP contribution in [0.15, 0.2) is 36.7 Å². The third-order valence-electron chi connectivity index (χ3n) is 5.60. The number of fused-ring (bicyclic) bond motifs is 2. The van der Waals surface area contributed by atoms with Gasteiger partial charge in [0.25, 0.3) is 0 Å². The Morgan fingerprint density at radius 3 is 2.88 bits per heavy atom. The smallest absolute Gasteiger partial charge is 0.123 e. The fourth-order valence-electron chi connectivity index (χ4n) is 4.38. The van der Waals surface area contributed by atoms with E-state index in [2.05, 4.69) is 16.9 Å². The van der Waals surface area contributed by atoms with Gasteiger partial charge in [0.15, 0.2) is 0 Å². The van der Waals surface area contributed by atoms with Crippen LogP contribution < -0.4 is 0 Å². The molecule has 1 saturated heterocycles. The van der Waals surface area contributed by atoms with Gasteiger partial charge in [0.2, 0.25) is 0 Å². The normalized spacial score (nSPS) is 21.2. The highest BCUT2D eigenvalue weighted by molar-refractivity contribution is 5.35. The first-order valence-corrected chi connectivity index (χ1v) is 9.27. The van der Waals surface area contributed by atoms with E-state index in [0.717, 1.165) is 51.0 Å². The molecule has 2 aromatic rings. The summed E-state index contributed by atoms with van der Waals surface area (Å²) >= 11 is 0. The molecule has 0 radical (unpaired) electrons. The Labute approximate surface area is 148 Å². The van der Waals surface area contributed by atoms with Gasteiger partial charge in [-0.05, 0) is 54.5 Å². The summed E-state index contributed by atoms with van der Waals surface area (Å²) in [6.45, 7) is 7.06. The standard InChI is InChI=1S/C20H26FN3O/c1-16(15-24-9-2-8-22-24)14-23-10-6-20(7-11-23)19-4-3-18(21)13-17(19)5-12-25-20/h2-4,8-9,13,16H,5-7,10-12,14-15H2,1H3. The molecule has 0 amide bonds. The number of ether oxygens (including phenoxy) is 1. The molecule has 1 fully saturated rings. The van der Waals surface area contributed by atoms with Crippen LogP contribution in [0.1, 0.15) is 30.9 Å². The van der Waals surface area contributed by atoms with Crippen LogP contribution in [-0.2, 0) is 23.3 Å². The van der Waals surface area contributed by atoms with Crippen molar-refractivity contribution in [1.82, 2.24) is 14.7 Å². The van der Waals surface area contributed by atoms with E-state index in [1.807, 2.05) is 29.2 Å². The zero-order chi connectivity index (χ0) is 17.3. The predicted molar refractivity (Wildman–Crippen MR) is 94.8 cm³/mol. The topological polar surface area (TPSA) is 30.3 Å². The molecule has 4 rings (SSSR count). The van der Waals surface area contributed by atoms with E-state index in [0.29, 0.717) is 12.5 Å². The second-order valence-electron chi connectivity index (χ2n) is 7.53. The lowest BCUT2D eigenvalue weighted by atomic mass is 9.79. The predicted octanol–water partition coefficient (Wildman–Crippen LogP) is 3.22. The average molecular weight is 343 g/mol. The summed E-state index contributed by atoms with van der Waals surface area (Å²) in [4.78, 5) is 2.53. The minimum atomic E-state index is -0.205. The Kier molecular flexibility index (Phi) is 4.61. The van der Waals surface area contributed by atoms with Gasteiger partial charge in [0.1, 0.15) is 5.82 Å². The number of halogens is 1. The minimum Gasteiger partial charge on any atom is -0.370 e. The number of hydrogen-bond acceptors (Lipinski definition) is 3.